The summed E-state index contributed by atoms with van der Waals surface area (Å²) in [6, 6.07) is 16.6. The van der Waals surface area contributed by atoms with Crippen LogP contribution in [0.4, 0.5) is 0 Å². The quantitative estimate of drug-likeness (QED) is 0.530. The van der Waals surface area contributed by atoms with Crippen LogP contribution in [0.1, 0.15) is 16.7 Å². The molecule has 0 N–H and O–H groups in total. The van der Waals surface area contributed by atoms with Crippen molar-refractivity contribution in [2.75, 3.05) is 7.11 Å². The van der Waals surface area contributed by atoms with Gasteiger partial charge in [-0.25, -0.2) is 0 Å². The van der Waals surface area contributed by atoms with E-state index in [1.165, 1.54) is 20.9 Å². The first kappa shape index (κ1) is 14.8. The number of para-hydroxylation sites is 1. The largest absolute Gasteiger partial charge is 0.496 e. The summed E-state index contributed by atoms with van der Waals surface area (Å²) in [4.78, 5) is 2.35. The summed E-state index contributed by atoms with van der Waals surface area (Å²) in [5, 5.41) is 0. The predicted molar refractivity (Wildman–Crippen MR) is 97.3 cm³/mol. The van der Waals surface area contributed by atoms with Crippen LogP contribution >= 0.6 is 30.2 Å². The second-order valence-corrected chi connectivity index (χ2v) is 9.21. The number of benzene rings is 2. The first-order valence-electron chi connectivity index (χ1n) is 6.57. The Morgan fingerprint density at radius 2 is 1.76 bits per heavy atom. The van der Waals surface area contributed by atoms with E-state index in [-0.39, 0.29) is 8.73 Å². The minimum Gasteiger partial charge on any atom is -0.496 e. The Balaban J connectivity index is 1.99. The second kappa shape index (κ2) is 6.30. The zero-order valence-electron chi connectivity index (χ0n) is 11.8. The van der Waals surface area contributed by atoms with Crippen LogP contribution in [0.25, 0.3) is 4.91 Å². The van der Waals surface area contributed by atoms with E-state index in [4.69, 9.17) is 15.4 Å². The normalized spacial score (nSPS) is 17.8. The molecule has 1 heterocycles. The van der Waals surface area contributed by atoms with Crippen molar-refractivity contribution in [1.82, 2.24) is 0 Å². The van der Waals surface area contributed by atoms with Gasteiger partial charge in [-0.3, -0.25) is 0 Å². The molecule has 1 aliphatic heterocycles. The van der Waals surface area contributed by atoms with Gasteiger partial charge in [0.2, 0.25) is 0 Å². The summed E-state index contributed by atoms with van der Waals surface area (Å²) >= 11 is 0. The van der Waals surface area contributed by atoms with Gasteiger partial charge in [0.25, 0.3) is 0 Å². The molecule has 0 aromatic heterocycles. The smallest absolute Gasteiger partial charge is 0.127 e. The molecule has 0 aliphatic carbocycles. The highest BCUT2D eigenvalue weighted by Gasteiger charge is 2.19. The highest BCUT2D eigenvalue weighted by atomic mass is 35.7. The van der Waals surface area contributed by atoms with Gasteiger partial charge in [-0.05, 0) is 54.8 Å². The minimum atomic E-state index is -0.352. The molecule has 2 aromatic rings. The molecule has 0 saturated heterocycles. The van der Waals surface area contributed by atoms with Crippen molar-refractivity contribution in [3.05, 3.63) is 71.3 Å². The van der Waals surface area contributed by atoms with Crippen LogP contribution in [0, 0.1) is 6.92 Å². The average Bonchev–Trinajstić information content (AvgIpc) is 2.90. The molecule has 1 aliphatic rings. The number of hydrogen-bond acceptors (Lipinski definition) is 2. The van der Waals surface area contributed by atoms with Crippen molar-refractivity contribution in [3.63, 3.8) is 0 Å². The number of ether oxygens (including phenoxy) is 1. The number of methoxy groups -OCH3 is 1. The van der Waals surface area contributed by atoms with E-state index < -0.39 is 0 Å². The number of halogens is 1. The predicted octanol–water partition coefficient (Wildman–Crippen LogP) is 5.65. The number of hydrogen-bond donors (Lipinski definition) is 0. The second-order valence-electron chi connectivity index (χ2n) is 4.75. The molecule has 0 radical (unpaired) electrons. The third-order valence-corrected chi connectivity index (χ3v) is 7.25. The molecule has 3 rings (SSSR count). The minimum absolute atomic E-state index is 0.352. The number of aryl methyl sites for hydroxylation is 1. The molecular weight excluding hydrogens is 320 g/mol. The maximum atomic E-state index is 6.55. The molecule has 0 amide bonds. The number of rotatable bonds is 3. The Morgan fingerprint density at radius 3 is 2.48 bits per heavy atom. The lowest BCUT2D eigenvalue weighted by Gasteiger charge is -2.07. The fourth-order valence-corrected chi connectivity index (χ4v) is 6.06. The SMILES string of the molecule is COc1ccccc1C1=CC(c2ccc(C)cc2)=S(Cl)S1. The highest BCUT2D eigenvalue weighted by Crippen LogP contribution is 2.53. The standard InChI is InChI=1S/C17H15ClOS2/c1-12-7-9-13(10-8-12)17-11-16(20-21(17)18)14-5-3-4-6-15(14)19-2/h3-11H,1-2H3. The highest BCUT2D eigenvalue weighted by molar-refractivity contribution is 8.95. The van der Waals surface area contributed by atoms with Crippen LogP contribution in [0.2, 0.25) is 0 Å². The lowest BCUT2D eigenvalue weighted by atomic mass is 10.1. The molecule has 0 fully saturated rings. The molecule has 1 unspecified atom stereocenters. The van der Waals surface area contributed by atoms with Gasteiger partial charge < -0.3 is 4.74 Å². The van der Waals surface area contributed by atoms with Crippen molar-refractivity contribution in [2.24, 2.45) is 0 Å². The molecule has 0 bridgehead atoms. The van der Waals surface area contributed by atoms with Crippen molar-refractivity contribution in [2.45, 2.75) is 6.92 Å². The van der Waals surface area contributed by atoms with Crippen LogP contribution in [-0.2, 0) is 0 Å². The molecule has 1 nitrogen and oxygen atoms in total. The van der Waals surface area contributed by atoms with Gasteiger partial charge in [0.15, 0.2) is 0 Å². The summed E-state index contributed by atoms with van der Waals surface area (Å²) in [6.45, 7) is 2.09. The van der Waals surface area contributed by atoms with Crippen LogP contribution < -0.4 is 4.74 Å². The fraction of sp³-hybridized carbons (Fsp3) is 0.118. The number of allylic oxidation sites excluding steroid dienone is 1. The van der Waals surface area contributed by atoms with Gasteiger partial charge in [0.1, 0.15) is 5.75 Å². The molecular formula is C17H15ClOS2. The molecule has 0 saturated carbocycles. The molecule has 108 valence electrons. The van der Waals surface area contributed by atoms with Crippen molar-refractivity contribution >= 4 is 40.0 Å². The Labute approximate surface area is 135 Å². The van der Waals surface area contributed by atoms with Crippen molar-refractivity contribution in [1.29, 1.82) is 0 Å². The summed E-state index contributed by atoms with van der Waals surface area (Å²) in [6.07, 6.45) is 2.18. The van der Waals surface area contributed by atoms with E-state index in [0.717, 1.165) is 11.3 Å². The third-order valence-electron chi connectivity index (χ3n) is 3.31. The molecule has 2 aromatic carbocycles. The Kier molecular flexibility index (Phi) is 4.43. The monoisotopic (exact) mass is 334 g/mol. The van der Waals surface area contributed by atoms with E-state index in [1.54, 1.807) is 17.9 Å². The maximum absolute atomic E-state index is 6.55. The average molecular weight is 335 g/mol. The fourth-order valence-electron chi connectivity index (χ4n) is 2.18. The van der Waals surface area contributed by atoms with Crippen molar-refractivity contribution in [3.8, 4) is 5.75 Å². The van der Waals surface area contributed by atoms with Gasteiger partial charge in [0.05, 0.1) is 7.11 Å². The zero-order chi connectivity index (χ0) is 14.8. The lowest BCUT2D eigenvalue weighted by Crippen LogP contribution is -1.93. The van der Waals surface area contributed by atoms with Gasteiger partial charge >= 0.3 is 0 Å². The maximum Gasteiger partial charge on any atom is 0.127 e. The Bertz CT molecular complexity index is 733. The van der Waals surface area contributed by atoms with E-state index in [9.17, 15) is 0 Å². The lowest BCUT2D eigenvalue weighted by molar-refractivity contribution is 0.414. The summed E-state index contributed by atoms with van der Waals surface area (Å²) < 4.78 is 5.45. The van der Waals surface area contributed by atoms with Crippen molar-refractivity contribution < 1.29 is 4.74 Å². The topological polar surface area (TPSA) is 9.23 Å². The van der Waals surface area contributed by atoms with Crippen LogP contribution in [0.5, 0.6) is 5.75 Å². The molecule has 4 heteroatoms. The summed E-state index contributed by atoms with van der Waals surface area (Å²) in [5.41, 5.74) is 3.55. The molecule has 0 spiro atoms. The summed E-state index contributed by atoms with van der Waals surface area (Å²) in [7, 11) is 9.59. The molecule has 1 atom stereocenters. The first-order chi connectivity index (χ1) is 10.2. The molecule has 21 heavy (non-hydrogen) atoms. The third kappa shape index (κ3) is 3.05. The van der Waals surface area contributed by atoms with Crippen LogP contribution in [0.15, 0.2) is 54.6 Å². The van der Waals surface area contributed by atoms with Gasteiger partial charge in [0, 0.05) is 15.3 Å². The first-order valence-corrected chi connectivity index (χ1v) is 9.95. The van der Waals surface area contributed by atoms with Gasteiger partial charge in [-0.15, -0.1) is 0 Å². The van der Waals surface area contributed by atoms with Crippen LogP contribution in [0.3, 0.4) is 0 Å². The Hall–Kier alpha value is -1.16. The van der Waals surface area contributed by atoms with E-state index in [0.29, 0.717) is 0 Å². The van der Waals surface area contributed by atoms with E-state index in [2.05, 4.69) is 43.3 Å². The zero-order valence-corrected chi connectivity index (χ0v) is 14.2. The van der Waals surface area contributed by atoms with Crippen LogP contribution in [-0.4, -0.2) is 12.0 Å². The van der Waals surface area contributed by atoms with Gasteiger partial charge in [-0.2, -0.15) is 0 Å². The van der Waals surface area contributed by atoms with E-state index >= 15 is 0 Å². The van der Waals surface area contributed by atoms with Gasteiger partial charge in [-0.1, -0.05) is 48.0 Å². The Morgan fingerprint density at radius 1 is 1.05 bits per heavy atom. The summed E-state index contributed by atoms with van der Waals surface area (Å²) in [5.74, 6) is 0.884. The van der Waals surface area contributed by atoms with E-state index in [1.807, 2.05) is 18.2 Å².